The second kappa shape index (κ2) is 8.34. The van der Waals surface area contributed by atoms with E-state index in [4.69, 9.17) is 4.74 Å². The van der Waals surface area contributed by atoms with E-state index in [9.17, 15) is 14.4 Å². The van der Waals surface area contributed by atoms with E-state index >= 15 is 0 Å². The van der Waals surface area contributed by atoms with Crippen molar-refractivity contribution >= 4 is 28.6 Å². The third-order valence-corrected chi connectivity index (χ3v) is 5.88. The normalized spacial score (nSPS) is 19.0. The number of urea groups is 1. The Balaban J connectivity index is 1.51. The molecule has 1 aliphatic rings. The lowest BCUT2D eigenvalue weighted by atomic mass is 9.90. The van der Waals surface area contributed by atoms with Crippen molar-refractivity contribution in [2.45, 2.75) is 25.4 Å². The Morgan fingerprint density at radius 1 is 1.06 bits per heavy atom. The van der Waals surface area contributed by atoms with Crippen LogP contribution in [0.3, 0.4) is 0 Å². The van der Waals surface area contributed by atoms with Gasteiger partial charge in [-0.15, -0.1) is 0 Å². The molecule has 0 saturated carbocycles. The molecule has 0 aromatic heterocycles. The van der Waals surface area contributed by atoms with Gasteiger partial charge in [-0.3, -0.25) is 14.5 Å². The molecule has 4 rings (SSSR count). The summed E-state index contributed by atoms with van der Waals surface area (Å²) in [5.74, 6) is -0.124. The minimum absolute atomic E-state index is 0.242. The Bertz CT molecular complexity index is 1190. The summed E-state index contributed by atoms with van der Waals surface area (Å²) in [6, 6.07) is 19.9. The van der Waals surface area contributed by atoms with E-state index in [2.05, 4.69) is 10.6 Å². The van der Waals surface area contributed by atoms with Crippen molar-refractivity contribution in [3.63, 3.8) is 0 Å². The van der Waals surface area contributed by atoms with Crippen LogP contribution in [-0.4, -0.2) is 36.4 Å². The van der Waals surface area contributed by atoms with Gasteiger partial charge in [-0.25, -0.2) is 4.79 Å². The Kier molecular flexibility index (Phi) is 5.57. The van der Waals surface area contributed by atoms with E-state index in [1.165, 1.54) is 0 Å². The monoisotopic (exact) mass is 431 g/mol. The van der Waals surface area contributed by atoms with Crippen molar-refractivity contribution in [1.29, 1.82) is 0 Å². The average Bonchev–Trinajstić information content (AvgIpc) is 3.02. The highest BCUT2D eigenvalue weighted by molar-refractivity contribution is 6.09. The molecule has 7 heteroatoms. The molecule has 4 amide bonds. The molecule has 1 fully saturated rings. The summed E-state index contributed by atoms with van der Waals surface area (Å²) >= 11 is 0. The summed E-state index contributed by atoms with van der Waals surface area (Å²) in [6.45, 7) is 3.16. The van der Waals surface area contributed by atoms with E-state index < -0.39 is 23.4 Å². The van der Waals surface area contributed by atoms with Crippen LogP contribution in [0.4, 0.5) is 4.79 Å². The Labute approximate surface area is 186 Å². The number of ether oxygens (including phenoxy) is 1. The smallest absolute Gasteiger partial charge is 0.325 e. The van der Waals surface area contributed by atoms with Gasteiger partial charge >= 0.3 is 6.03 Å². The molecular weight excluding hydrogens is 406 g/mol. The van der Waals surface area contributed by atoms with Crippen molar-refractivity contribution in [3.8, 4) is 5.75 Å². The highest BCUT2D eigenvalue weighted by Gasteiger charge is 2.49. The van der Waals surface area contributed by atoms with Gasteiger partial charge in [0.1, 0.15) is 17.8 Å². The van der Waals surface area contributed by atoms with E-state index in [1.807, 2.05) is 67.6 Å². The zero-order valence-corrected chi connectivity index (χ0v) is 18.2. The first-order valence-electron chi connectivity index (χ1n) is 10.4. The fourth-order valence-electron chi connectivity index (χ4n) is 3.95. The molecule has 0 bridgehead atoms. The van der Waals surface area contributed by atoms with Crippen molar-refractivity contribution in [3.05, 3.63) is 77.9 Å². The standard InChI is InChI=1S/C25H25N3O4/c1-16(17-7-5-4-6-8-17)26-22(29)15-28-23(30)25(2,27-24(28)31)20-11-9-19-14-21(32-3)12-10-18(19)13-20/h4-14,16H,15H2,1-3H3,(H,26,29)(H,27,31)/t16-,25-/m1/s1. The molecule has 0 radical (unpaired) electrons. The van der Waals surface area contributed by atoms with Gasteiger partial charge in [0.2, 0.25) is 5.91 Å². The molecular formula is C25H25N3O4. The van der Waals surface area contributed by atoms with Crippen LogP contribution in [0.5, 0.6) is 5.75 Å². The van der Waals surface area contributed by atoms with Gasteiger partial charge in [0.25, 0.3) is 5.91 Å². The molecule has 164 valence electrons. The van der Waals surface area contributed by atoms with Crippen molar-refractivity contribution in [2.24, 2.45) is 0 Å². The van der Waals surface area contributed by atoms with Gasteiger partial charge < -0.3 is 15.4 Å². The lowest BCUT2D eigenvalue weighted by molar-refractivity contribution is -0.135. The Morgan fingerprint density at radius 3 is 2.47 bits per heavy atom. The number of hydrogen-bond acceptors (Lipinski definition) is 4. The lowest BCUT2D eigenvalue weighted by Gasteiger charge is -2.23. The van der Waals surface area contributed by atoms with Crippen LogP contribution in [0.1, 0.15) is 31.0 Å². The summed E-state index contributed by atoms with van der Waals surface area (Å²) in [6.07, 6.45) is 0. The minimum Gasteiger partial charge on any atom is -0.497 e. The number of methoxy groups -OCH3 is 1. The summed E-state index contributed by atoms with van der Waals surface area (Å²) in [7, 11) is 1.61. The number of hydrogen-bond donors (Lipinski definition) is 2. The highest BCUT2D eigenvalue weighted by atomic mass is 16.5. The number of nitrogens with zero attached hydrogens (tertiary/aromatic N) is 1. The van der Waals surface area contributed by atoms with Gasteiger partial charge in [0, 0.05) is 0 Å². The molecule has 1 saturated heterocycles. The van der Waals surface area contributed by atoms with Crippen LogP contribution in [0.2, 0.25) is 0 Å². The summed E-state index contributed by atoms with van der Waals surface area (Å²) < 4.78 is 5.25. The third-order valence-electron chi connectivity index (χ3n) is 5.88. The molecule has 1 aliphatic heterocycles. The predicted octanol–water partition coefficient (Wildman–Crippen LogP) is 3.49. The lowest BCUT2D eigenvalue weighted by Crippen LogP contribution is -2.43. The molecule has 1 heterocycles. The number of amides is 4. The molecule has 0 unspecified atom stereocenters. The van der Waals surface area contributed by atoms with Crippen LogP contribution in [-0.2, 0) is 15.1 Å². The second-order valence-electron chi connectivity index (χ2n) is 8.07. The second-order valence-corrected chi connectivity index (χ2v) is 8.07. The molecule has 32 heavy (non-hydrogen) atoms. The zero-order chi connectivity index (χ0) is 22.9. The number of benzene rings is 3. The SMILES string of the molecule is COc1ccc2cc([C@@]3(C)NC(=O)N(CC(=O)N[C@H](C)c4ccccc4)C3=O)ccc2c1. The van der Waals surface area contributed by atoms with Gasteiger partial charge in [0.15, 0.2) is 0 Å². The number of nitrogens with one attached hydrogen (secondary N) is 2. The largest absolute Gasteiger partial charge is 0.497 e. The minimum atomic E-state index is -1.25. The highest BCUT2D eigenvalue weighted by Crippen LogP contribution is 2.32. The predicted molar refractivity (Wildman–Crippen MR) is 121 cm³/mol. The first kappa shape index (κ1) is 21.4. The molecule has 2 atom stereocenters. The Morgan fingerprint density at radius 2 is 1.75 bits per heavy atom. The van der Waals surface area contributed by atoms with E-state index in [1.54, 1.807) is 20.1 Å². The molecule has 7 nitrogen and oxygen atoms in total. The summed E-state index contributed by atoms with van der Waals surface area (Å²) in [4.78, 5) is 39.3. The average molecular weight is 431 g/mol. The summed E-state index contributed by atoms with van der Waals surface area (Å²) in [5.41, 5.74) is 0.334. The fraction of sp³-hybridized carbons (Fsp3) is 0.240. The fourth-order valence-corrected chi connectivity index (χ4v) is 3.95. The van der Waals surface area contributed by atoms with Crippen LogP contribution in [0.15, 0.2) is 66.7 Å². The number of carbonyl (C=O) groups is 3. The summed E-state index contributed by atoms with van der Waals surface area (Å²) in [5, 5.41) is 7.47. The van der Waals surface area contributed by atoms with Crippen LogP contribution >= 0.6 is 0 Å². The van der Waals surface area contributed by atoms with Gasteiger partial charge in [-0.05, 0) is 53.9 Å². The quantitative estimate of drug-likeness (QED) is 0.585. The maximum absolute atomic E-state index is 13.2. The van der Waals surface area contributed by atoms with Gasteiger partial charge in [-0.1, -0.05) is 48.5 Å². The van der Waals surface area contributed by atoms with E-state index in [-0.39, 0.29) is 12.6 Å². The first-order valence-corrected chi connectivity index (χ1v) is 10.4. The van der Waals surface area contributed by atoms with Crippen molar-refractivity contribution in [2.75, 3.05) is 13.7 Å². The van der Waals surface area contributed by atoms with E-state index in [0.717, 1.165) is 27.0 Å². The maximum Gasteiger partial charge on any atom is 0.325 e. The van der Waals surface area contributed by atoms with Crippen LogP contribution < -0.4 is 15.4 Å². The molecule has 0 spiro atoms. The van der Waals surface area contributed by atoms with Crippen LogP contribution in [0, 0.1) is 0 Å². The number of fused-ring (bicyclic) bond motifs is 1. The van der Waals surface area contributed by atoms with Crippen molar-refractivity contribution < 1.29 is 19.1 Å². The molecule has 3 aromatic carbocycles. The van der Waals surface area contributed by atoms with E-state index in [0.29, 0.717) is 5.56 Å². The van der Waals surface area contributed by atoms with Gasteiger partial charge in [0.05, 0.1) is 13.2 Å². The third kappa shape index (κ3) is 3.89. The maximum atomic E-state index is 13.2. The molecule has 3 aromatic rings. The Hall–Kier alpha value is -3.87. The number of rotatable bonds is 6. The molecule has 2 N–H and O–H groups in total. The topological polar surface area (TPSA) is 87.7 Å². The van der Waals surface area contributed by atoms with Crippen LogP contribution in [0.25, 0.3) is 10.8 Å². The first-order chi connectivity index (χ1) is 15.3. The van der Waals surface area contributed by atoms with Crippen molar-refractivity contribution in [1.82, 2.24) is 15.5 Å². The zero-order valence-electron chi connectivity index (χ0n) is 18.2. The van der Waals surface area contributed by atoms with Gasteiger partial charge in [-0.2, -0.15) is 0 Å². The molecule has 0 aliphatic carbocycles. The number of carbonyl (C=O) groups excluding carboxylic acids is 3. The number of imide groups is 1.